The summed E-state index contributed by atoms with van der Waals surface area (Å²) in [7, 11) is 0. The smallest absolute Gasteiger partial charge is 0.152 e. The van der Waals surface area contributed by atoms with Crippen LogP contribution in [0, 0.1) is 5.41 Å². The largest absolute Gasteiger partial charge is 0.295 e. The van der Waals surface area contributed by atoms with E-state index in [4.69, 9.17) is 0 Å². The van der Waals surface area contributed by atoms with Crippen LogP contribution in [-0.2, 0) is 4.79 Å². The lowest BCUT2D eigenvalue weighted by atomic mass is 9.78. The molecule has 1 nitrogen and oxygen atoms in total. The average molecular weight is 194 g/mol. The van der Waals surface area contributed by atoms with E-state index in [2.05, 4.69) is 33.4 Å². The molecule has 1 rings (SSSR count). The Hall–Kier alpha value is -0.850. The van der Waals surface area contributed by atoms with Crippen molar-refractivity contribution in [1.29, 1.82) is 0 Å². The van der Waals surface area contributed by atoms with E-state index >= 15 is 0 Å². The third kappa shape index (κ3) is 6.64. The fraction of sp³-hybridized carbons (Fsp3) is 0.615. The van der Waals surface area contributed by atoms with E-state index in [9.17, 15) is 4.79 Å². The number of ketones is 1. The summed E-state index contributed by atoms with van der Waals surface area (Å²) in [6.07, 6.45) is 7.60. The van der Waals surface area contributed by atoms with Crippen LogP contribution in [0.1, 0.15) is 47.0 Å². The molecule has 0 fully saturated rings. The Morgan fingerprint density at radius 2 is 2.07 bits per heavy atom. The van der Waals surface area contributed by atoms with Crippen LogP contribution in [0.25, 0.3) is 0 Å². The van der Waals surface area contributed by atoms with Gasteiger partial charge in [-0.05, 0) is 44.6 Å². The third-order valence-electron chi connectivity index (χ3n) is 2.36. The van der Waals surface area contributed by atoms with Crippen LogP contribution in [-0.4, -0.2) is 5.78 Å². The molecule has 0 saturated carbocycles. The van der Waals surface area contributed by atoms with E-state index in [1.165, 1.54) is 32.3 Å². The molecular formula is C13H22O. The summed E-state index contributed by atoms with van der Waals surface area (Å²) in [6.45, 7) is 11.6. The van der Waals surface area contributed by atoms with Crippen LogP contribution in [0.15, 0.2) is 24.3 Å². The first-order chi connectivity index (χ1) is 6.37. The van der Waals surface area contributed by atoms with Crippen molar-refractivity contribution < 1.29 is 4.79 Å². The molecule has 80 valence electrons. The van der Waals surface area contributed by atoms with Crippen LogP contribution in [0.2, 0.25) is 0 Å². The second-order valence-electron chi connectivity index (χ2n) is 4.74. The number of hydrogen-bond acceptors (Lipinski definition) is 1. The lowest BCUT2D eigenvalue weighted by molar-refractivity contribution is -0.112. The Labute approximate surface area is 87.9 Å². The van der Waals surface area contributed by atoms with Gasteiger partial charge in [0.2, 0.25) is 0 Å². The highest BCUT2D eigenvalue weighted by atomic mass is 16.1. The van der Waals surface area contributed by atoms with Crippen molar-refractivity contribution >= 4 is 5.78 Å². The Balaban J connectivity index is 0.000000292. The maximum atomic E-state index is 9.69. The summed E-state index contributed by atoms with van der Waals surface area (Å²) in [5.41, 5.74) is 2.16. The molecule has 0 aromatic rings. The monoisotopic (exact) mass is 194 g/mol. The lowest BCUT2D eigenvalue weighted by Crippen LogP contribution is -2.14. The number of allylic oxidation sites excluding steroid dienone is 3. The zero-order chi connectivity index (χ0) is 11.2. The fourth-order valence-corrected chi connectivity index (χ4v) is 1.62. The number of rotatable bonds is 1. The number of carbonyl (C=O) groups excluding carboxylic acids is 1. The molecular weight excluding hydrogens is 172 g/mol. The molecule has 0 heterocycles. The number of hydrogen-bond donors (Lipinski definition) is 0. The van der Waals surface area contributed by atoms with E-state index in [0.717, 1.165) is 0 Å². The molecule has 0 spiro atoms. The Morgan fingerprint density at radius 1 is 1.57 bits per heavy atom. The zero-order valence-corrected chi connectivity index (χ0v) is 9.89. The zero-order valence-electron chi connectivity index (χ0n) is 9.89. The minimum atomic E-state index is 0.0185. The molecule has 1 aliphatic rings. The SMILES string of the molecule is C=CC(C)=O.CC1=CCCC(C)(C)C1. The summed E-state index contributed by atoms with van der Waals surface area (Å²) >= 11 is 0. The molecule has 0 saturated heterocycles. The molecule has 14 heavy (non-hydrogen) atoms. The van der Waals surface area contributed by atoms with Gasteiger partial charge in [-0.3, -0.25) is 4.79 Å². The second-order valence-corrected chi connectivity index (χ2v) is 4.74. The highest BCUT2D eigenvalue weighted by Crippen LogP contribution is 2.34. The van der Waals surface area contributed by atoms with Crippen molar-refractivity contribution in [1.82, 2.24) is 0 Å². The van der Waals surface area contributed by atoms with Gasteiger partial charge in [-0.2, -0.15) is 0 Å². The molecule has 0 amide bonds. The molecule has 1 aliphatic carbocycles. The predicted molar refractivity (Wildman–Crippen MR) is 62.3 cm³/mol. The van der Waals surface area contributed by atoms with Gasteiger partial charge in [0.1, 0.15) is 0 Å². The average Bonchev–Trinajstić information content (AvgIpc) is 2.02. The first-order valence-corrected chi connectivity index (χ1v) is 5.16. The fourth-order valence-electron chi connectivity index (χ4n) is 1.62. The van der Waals surface area contributed by atoms with Crippen molar-refractivity contribution in [2.45, 2.75) is 47.0 Å². The Kier molecular flexibility index (Phi) is 5.44. The highest BCUT2D eigenvalue weighted by Gasteiger charge is 2.20. The minimum absolute atomic E-state index is 0.0185. The van der Waals surface area contributed by atoms with E-state index < -0.39 is 0 Å². The highest BCUT2D eigenvalue weighted by molar-refractivity contribution is 5.86. The molecule has 0 aromatic carbocycles. The maximum Gasteiger partial charge on any atom is 0.152 e. The molecule has 1 heteroatoms. The van der Waals surface area contributed by atoms with Gasteiger partial charge in [-0.25, -0.2) is 0 Å². The van der Waals surface area contributed by atoms with Crippen molar-refractivity contribution in [2.24, 2.45) is 5.41 Å². The van der Waals surface area contributed by atoms with Gasteiger partial charge in [-0.1, -0.05) is 32.1 Å². The third-order valence-corrected chi connectivity index (χ3v) is 2.36. The van der Waals surface area contributed by atoms with Crippen LogP contribution in [0.5, 0.6) is 0 Å². The quantitative estimate of drug-likeness (QED) is 0.457. The van der Waals surface area contributed by atoms with Crippen LogP contribution < -0.4 is 0 Å². The van der Waals surface area contributed by atoms with Crippen LogP contribution in [0.3, 0.4) is 0 Å². The molecule has 0 atom stereocenters. The summed E-state index contributed by atoms with van der Waals surface area (Å²) in [5.74, 6) is 0.0185. The van der Waals surface area contributed by atoms with Crippen molar-refractivity contribution in [3.05, 3.63) is 24.3 Å². The van der Waals surface area contributed by atoms with Gasteiger partial charge in [0.15, 0.2) is 5.78 Å². The van der Waals surface area contributed by atoms with Gasteiger partial charge in [0.25, 0.3) is 0 Å². The summed E-state index contributed by atoms with van der Waals surface area (Å²) in [5, 5.41) is 0. The first-order valence-electron chi connectivity index (χ1n) is 5.16. The standard InChI is InChI=1S/C9H16.C4H6O/c1-8-5-4-6-9(2,3)7-8;1-3-4(2)5/h5H,4,6-7H2,1-3H3;3H,1H2,2H3. The molecule has 0 aromatic heterocycles. The predicted octanol–water partition coefficient (Wildman–Crippen LogP) is 3.90. The van der Waals surface area contributed by atoms with E-state index in [0.29, 0.717) is 5.41 Å². The van der Waals surface area contributed by atoms with Crippen molar-refractivity contribution in [3.8, 4) is 0 Å². The topological polar surface area (TPSA) is 17.1 Å². The van der Waals surface area contributed by atoms with Gasteiger partial charge < -0.3 is 0 Å². The Morgan fingerprint density at radius 3 is 2.29 bits per heavy atom. The first kappa shape index (κ1) is 13.2. The maximum absolute atomic E-state index is 9.69. The van der Waals surface area contributed by atoms with Crippen molar-refractivity contribution in [2.75, 3.05) is 0 Å². The van der Waals surface area contributed by atoms with Gasteiger partial charge in [0, 0.05) is 0 Å². The van der Waals surface area contributed by atoms with Gasteiger partial charge in [-0.15, -0.1) is 0 Å². The summed E-state index contributed by atoms with van der Waals surface area (Å²) in [4.78, 5) is 9.69. The van der Waals surface area contributed by atoms with E-state index in [1.54, 1.807) is 5.57 Å². The van der Waals surface area contributed by atoms with Crippen molar-refractivity contribution in [3.63, 3.8) is 0 Å². The molecule has 0 N–H and O–H groups in total. The lowest BCUT2D eigenvalue weighted by Gasteiger charge is -2.28. The Bertz CT molecular complexity index is 234. The van der Waals surface area contributed by atoms with Gasteiger partial charge >= 0.3 is 0 Å². The molecule has 0 radical (unpaired) electrons. The van der Waals surface area contributed by atoms with E-state index in [1.807, 2.05) is 0 Å². The van der Waals surface area contributed by atoms with Crippen LogP contribution in [0.4, 0.5) is 0 Å². The van der Waals surface area contributed by atoms with E-state index in [-0.39, 0.29) is 5.78 Å². The summed E-state index contributed by atoms with van der Waals surface area (Å²) < 4.78 is 0. The minimum Gasteiger partial charge on any atom is -0.295 e. The molecule has 0 aliphatic heterocycles. The van der Waals surface area contributed by atoms with Crippen LogP contribution >= 0.6 is 0 Å². The normalized spacial score (nSPS) is 18.7. The number of carbonyl (C=O) groups is 1. The molecule has 0 bridgehead atoms. The summed E-state index contributed by atoms with van der Waals surface area (Å²) in [6, 6.07) is 0. The second kappa shape index (κ2) is 5.79. The van der Waals surface area contributed by atoms with Gasteiger partial charge in [0.05, 0.1) is 0 Å². The molecule has 0 unspecified atom stereocenters.